The number of carboxylic acid groups (broad SMARTS) is 1. The smallest absolute Gasteiger partial charge is 0.354 e. The summed E-state index contributed by atoms with van der Waals surface area (Å²) in [6.07, 6.45) is 1.34. The van der Waals surface area contributed by atoms with Crippen molar-refractivity contribution in [3.8, 4) is 0 Å². The van der Waals surface area contributed by atoms with Gasteiger partial charge in [0.1, 0.15) is 5.69 Å². The van der Waals surface area contributed by atoms with E-state index < -0.39 is 5.97 Å². The van der Waals surface area contributed by atoms with Crippen molar-refractivity contribution in [3.05, 3.63) is 53.3 Å². The van der Waals surface area contributed by atoms with Crippen LogP contribution in [0, 0.1) is 0 Å². The highest BCUT2D eigenvalue weighted by molar-refractivity contribution is 7.16. The fourth-order valence-corrected chi connectivity index (χ4v) is 2.54. The highest BCUT2D eigenvalue weighted by Crippen LogP contribution is 2.20. The van der Waals surface area contributed by atoms with Gasteiger partial charge in [-0.25, -0.2) is 14.8 Å². The summed E-state index contributed by atoms with van der Waals surface area (Å²) in [7, 11) is 0. The van der Waals surface area contributed by atoms with E-state index in [0.717, 1.165) is 10.2 Å². The van der Waals surface area contributed by atoms with E-state index in [1.165, 1.54) is 29.7 Å². The molecule has 2 N–H and O–H groups in total. The van der Waals surface area contributed by atoms with Crippen LogP contribution in [0.2, 0.25) is 0 Å². The zero-order valence-electron chi connectivity index (χ0n) is 10.6. The number of carboxylic acids is 1. The summed E-state index contributed by atoms with van der Waals surface area (Å²) in [4.78, 5) is 30.9. The van der Waals surface area contributed by atoms with Gasteiger partial charge in [0.15, 0.2) is 0 Å². The highest BCUT2D eigenvalue weighted by atomic mass is 32.1. The summed E-state index contributed by atoms with van der Waals surface area (Å²) >= 11 is 1.45. The van der Waals surface area contributed by atoms with Crippen molar-refractivity contribution < 1.29 is 14.7 Å². The maximum atomic E-state index is 12.2. The Morgan fingerprint density at radius 1 is 1.14 bits per heavy atom. The molecule has 1 amide bonds. The molecular formula is C14H9N3O3S. The molecule has 0 aliphatic rings. The van der Waals surface area contributed by atoms with Crippen molar-refractivity contribution in [3.63, 3.8) is 0 Å². The lowest BCUT2D eigenvalue weighted by Gasteiger charge is -2.05. The first kappa shape index (κ1) is 13.2. The van der Waals surface area contributed by atoms with E-state index in [-0.39, 0.29) is 11.6 Å². The number of hydrogen-bond donors (Lipinski definition) is 2. The van der Waals surface area contributed by atoms with Gasteiger partial charge >= 0.3 is 5.97 Å². The molecule has 0 spiro atoms. The van der Waals surface area contributed by atoms with Gasteiger partial charge in [-0.05, 0) is 30.3 Å². The predicted molar refractivity (Wildman–Crippen MR) is 78.8 cm³/mol. The SMILES string of the molecule is O=C(Nc1ccnc(C(=O)O)c1)c1ccc2ncsc2c1. The molecule has 104 valence electrons. The minimum absolute atomic E-state index is 0.120. The molecule has 2 heterocycles. The van der Waals surface area contributed by atoms with Crippen LogP contribution in [0.3, 0.4) is 0 Å². The second-order valence-corrected chi connectivity index (χ2v) is 5.11. The standard InChI is InChI=1S/C14H9N3O3S/c18-13(8-1-2-10-12(5-8)21-7-16-10)17-9-3-4-15-11(6-9)14(19)20/h1-7H,(H,19,20)(H,15,17,18). The molecular weight excluding hydrogens is 290 g/mol. The molecule has 21 heavy (non-hydrogen) atoms. The Morgan fingerprint density at radius 2 is 2.00 bits per heavy atom. The zero-order chi connectivity index (χ0) is 14.8. The predicted octanol–water partition coefficient (Wildman–Crippen LogP) is 2.64. The largest absolute Gasteiger partial charge is 0.477 e. The summed E-state index contributed by atoms with van der Waals surface area (Å²) in [5.74, 6) is -1.45. The minimum Gasteiger partial charge on any atom is -0.477 e. The highest BCUT2D eigenvalue weighted by Gasteiger charge is 2.10. The van der Waals surface area contributed by atoms with Crippen LogP contribution in [-0.4, -0.2) is 27.0 Å². The molecule has 0 unspecified atom stereocenters. The molecule has 6 nitrogen and oxygen atoms in total. The average molecular weight is 299 g/mol. The number of pyridine rings is 1. The second-order valence-electron chi connectivity index (χ2n) is 4.22. The first-order valence-corrected chi connectivity index (χ1v) is 6.85. The van der Waals surface area contributed by atoms with Crippen LogP contribution in [0.25, 0.3) is 10.2 Å². The molecule has 7 heteroatoms. The Bertz CT molecular complexity index is 844. The van der Waals surface area contributed by atoms with E-state index in [2.05, 4.69) is 15.3 Å². The topological polar surface area (TPSA) is 92.2 Å². The molecule has 3 rings (SSSR count). The third-order valence-corrected chi connectivity index (χ3v) is 3.62. The normalized spacial score (nSPS) is 10.5. The molecule has 0 fully saturated rings. The van der Waals surface area contributed by atoms with E-state index in [0.29, 0.717) is 11.3 Å². The third kappa shape index (κ3) is 2.72. The van der Waals surface area contributed by atoms with Crippen LogP contribution in [-0.2, 0) is 0 Å². The molecule has 0 radical (unpaired) electrons. The molecule has 0 saturated carbocycles. The molecule has 3 aromatic rings. The van der Waals surface area contributed by atoms with E-state index >= 15 is 0 Å². The van der Waals surface area contributed by atoms with E-state index in [9.17, 15) is 9.59 Å². The minimum atomic E-state index is -1.14. The van der Waals surface area contributed by atoms with Crippen LogP contribution >= 0.6 is 11.3 Å². The Kier molecular flexibility index (Phi) is 3.33. The number of benzene rings is 1. The Labute approximate surface area is 123 Å². The summed E-state index contributed by atoms with van der Waals surface area (Å²) < 4.78 is 0.920. The summed E-state index contributed by atoms with van der Waals surface area (Å²) in [5, 5.41) is 11.5. The third-order valence-electron chi connectivity index (χ3n) is 2.83. The maximum Gasteiger partial charge on any atom is 0.354 e. The number of nitrogens with one attached hydrogen (secondary N) is 1. The van der Waals surface area contributed by atoms with Crippen molar-refractivity contribution in [2.45, 2.75) is 0 Å². The van der Waals surface area contributed by atoms with Crippen molar-refractivity contribution in [1.82, 2.24) is 9.97 Å². The van der Waals surface area contributed by atoms with Crippen molar-refractivity contribution in [1.29, 1.82) is 0 Å². The van der Waals surface area contributed by atoms with Crippen molar-refractivity contribution >= 4 is 39.1 Å². The lowest BCUT2D eigenvalue weighted by Crippen LogP contribution is -2.12. The van der Waals surface area contributed by atoms with Gasteiger partial charge in [-0.2, -0.15) is 0 Å². The molecule has 2 aromatic heterocycles. The van der Waals surface area contributed by atoms with Crippen LogP contribution < -0.4 is 5.32 Å². The molecule has 0 aliphatic heterocycles. The number of anilines is 1. The Hall–Kier alpha value is -2.80. The lowest BCUT2D eigenvalue weighted by molar-refractivity contribution is 0.0690. The number of aromatic nitrogens is 2. The van der Waals surface area contributed by atoms with Gasteiger partial charge in [-0.3, -0.25) is 4.79 Å². The fraction of sp³-hybridized carbons (Fsp3) is 0. The van der Waals surface area contributed by atoms with Crippen molar-refractivity contribution in [2.75, 3.05) is 5.32 Å². The quantitative estimate of drug-likeness (QED) is 0.775. The number of rotatable bonds is 3. The first-order valence-electron chi connectivity index (χ1n) is 5.97. The number of aromatic carboxylic acids is 1. The summed E-state index contributed by atoms with van der Waals surface area (Å²) in [6, 6.07) is 8.05. The Balaban J connectivity index is 1.85. The van der Waals surface area contributed by atoms with Gasteiger partial charge in [0.2, 0.25) is 0 Å². The maximum absolute atomic E-state index is 12.2. The molecule has 0 aliphatic carbocycles. The van der Waals surface area contributed by atoms with Gasteiger partial charge in [-0.1, -0.05) is 0 Å². The number of carbonyl (C=O) groups is 2. The van der Waals surface area contributed by atoms with E-state index in [4.69, 9.17) is 5.11 Å². The second kappa shape index (κ2) is 5.29. The summed E-state index contributed by atoms with van der Waals surface area (Å²) in [5.41, 5.74) is 3.31. The molecule has 1 aromatic carbocycles. The van der Waals surface area contributed by atoms with Crippen molar-refractivity contribution in [2.24, 2.45) is 0 Å². The van der Waals surface area contributed by atoms with E-state index in [1.54, 1.807) is 23.7 Å². The van der Waals surface area contributed by atoms with Gasteiger partial charge in [0.05, 0.1) is 15.7 Å². The number of carbonyl (C=O) groups excluding carboxylic acids is 1. The Morgan fingerprint density at radius 3 is 2.81 bits per heavy atom. The number of fused-ring (bicyclic) bond motifs is 1. The number of hydrogen-bond acceptors (Lipinski definition) is 5. The van der Waals surface area contributed by atoms with Gasteiger partial charge in [-0.15, -0.1) is 11.3 Å². The molecule has 0 saturated heterocycles. The van der Waals surface area contributed by atoms with Gasteiger partial charge in [0, 0.05) is 17.4 Å². The average Bonchev–Trinajstić information content (AvgIpc) is 2.94. The number of thiazole rings is 1. The van der Waals surface area contributed by atoms with Crippen LogP contribution in [0.15, 0.2) is 42.0 Å². The number of nitrogens with zero attached hydrogens (tertiary/aromatic N) is 2. The van der Waals surface area contributed by atoms with E-state index in [1.807, 2.05) is 0 Å². The fourth-order valence-electron chi connectivity index (χ4n) is 1.82. The van der Waals surface area contributed by atoms with Gasteiger partial charge < -0.3 is 10.4 Å². The lowest BCUT2D eigenvalue weighted by atomic mass is 10.2. The zero-order valence-corrected chi connectivity index (χ0v) is 11.4. The monoisotopic (exact) mass is 299 g/mol. The first-order chi connectivity index (χ1) is 10.1. The molecule has 0 atom stereocenters. The van der Waals surface area contributed by atoms with Crippen LogP contribution in [0.5, 0.6) is 0 Å². The van der Waals surface area contributed by atoms with Crippen LogP contribution in [0.1, 0.15) is 20.8 Å². The number of amides is 1. The molecule has 0 bridgehead atoms. The summed E-state index contributed by atoms with van der Waals surface area (Å²) in [6.45, 7) is 0. The van der Waals surface area contributed by atoms with Crippen LogP contribution in [0.4, 0.5) is 5.69 Å². The van der Waals surface area contributed by atoms with Gasteiger partial charge in [0.25, 0.3) is 5.91 Å².